The van der Waals surface area contributed by atoms with Crippen LogP contribution >= 0.6 is 0 Å². The summed E-state index contributed by atoms with van der Waals surface area (Å²) in [7, 11) is 6.83. The monoisotopic (exact) mass is 837 g/mol. The highest BCUT2D eigenvalue weighted by Crippen LogP contribution is 2.42. The van der Waals surface area contributed by atoms with Gasteiger partial charge in [-0.05, 0) is 87.7 Å². The number of aliphatic hydroxyl groups excluding tert-OH is 3. The Balaban J connectivity index is 2.27. The Hall–Kier alpha value is -1.57. The second-order valence-electron chi connectivity index (χ2n) is 18.0. The Kier molecular flexibility index (Phi) is 18.8. The third-order valence-electron chi connectivity index (χ3n) is 13.1. The minimum absolute atomic E-state index is 0.123. The van der Waals surface area contributed by atoms with Gasteiger partial charge >= 0.3 is 5.97 Å². The van der Waals surface area contributed by atoms with Crippen LogP contribution in [0.15, 0.2) is 5.16 Å². The summed E-state index contributed by atoms with van der Waals surface area (Å²) in [6, 6.07) is -0.291. The molecule has 15 nitrogen and oxygen atoms in total. The van der Waals surface area contributed by atoms with Gasteiger partial charge in [0, 0.05) is 44.4 Å². The van der Waals surface area contributed by atoms with Crippen LogP contribution in [0.2, 0.25) is 0 Å². The molecule has 3 fully saturated rings. The van der Waals surface area contributed by atoms with Gasteiger partial charge in [0.25, 0.3) is 0 Å². The number of carbonyl (C=O) groups is 1. The van der Waals surface area contributed by atoms with Gasteiger partial charge in [-0.25, -0.2) is 0 Å². The second-order valence-corrected chi connectivity index (χ2v) is 18.0. The lowest BCUT2D eigenvalue weighted by Crippen LogP contribution is -2.61. The molecule has 4 N–H and O–H groups in total. The molecule has 18 atom stereocenters. The highest BCUT2D eigenvalue weighted by molar-refractivity contribution is 5.88. The third-order valence-corrected chi connectivity index (χ3v) is 13.1. The van der Waals surface area contributed by atoms with E-state index >= 15 is 0 Å². The fourth-order valence-corrected chi connectivity index (χ4v) is 9.15. The van der Waals surface area contributed by atoms with Crippen molar-refractivity contribution < 1.29 is 67.6 Å². The Bertz CT molecular complexity index is 1310. The molecule has 16 heteroatoms. The molecule has 0 aromatic carbocycles. The van der Waals surface area contributed by atoms with E-state index in [-0.39, 0.29) is 38.0 Å². The van der Waals surface area contributed by atoms with Crippen molar-refractivity contribution in [1.29, 1.82) is 0 Å². The maximum Gasteiger partial charge on any atom is 0.311 e. The van der Waals surface area contributed by atoms with Crippen LogP contribution in [0.3, 0.4) is 0 Å². The molecule has 0 aromatic rings. The van der Waals surface area contributed by atoms with Gasteiger partial charge < -0.3 is 63.3 Å². The number of halogens is 1. The van der Waals surface area contributed by atoms with Gasteiger partial charge in [0.1, 0.15) is 30.5 Å². The van der Waals surface area contributed by atoms with Gasteiger partial charge in [-0.1, -0.05) is 32.9 Å². The number of nitrogens with zero attached hydrogens (tertiary/aromatic N) is 2. The topological polar surface area (TPSA) is 187 Å². The summed E-state index contributed by atoms with van der Waals surface area (Å²) in [6.45, 7) is 17.3. The molecule has 3 aliphatic rings. The molecule has 3 rings (SSSR count). The largest absolute Gasteiger partial charge is 0.459 e. The highest BCUT2D eigenvalue weighted by Gasteiger charge is 2.54. The number of hydrogen-bond donors (Lipinski definition) is 4. The molecular weight excluding hydrogens is 759 g/mol. The number of aliphatic hydroxyl groups is 4. The first-order valence-corrected chi connectivity index (χ1v) is 21.1. The van der Waals surface area contributed by atoms with E-state index in [1.54, 1.807) is 41.7 Å². The number of likely N-dealkylation sites (N-methyl/N-ethyl adjacent to an activating group) is 1. The number of unbranched alkanes of at least 4 members (excludes halogenated alkanes) is 1. The van der Waals surface area contributed by atoms with Crippen molar-refractivity contribution in [2.24, 2.45) is 28.8 Å². The number of carbonyl (C=O) groups excluding carboxylic acids is 1. The van der Waals surface area contributed by atoms with Gasteiger partial charge in [-0.15, -0.1) is 0 Å². The summed E-state index contributed by atoms with van der Waals surface area (Å²) in [5.74, 6) is -3.72. The lowest BCUT2D eigenvalue weighted by atomic mass is 9.73. The van der Waals surface area contributed by atoms with E-state index in [4.69, 9.17) is 38.0 Å². The predicted octanol–water partition coefficient (Wildman–Crippen LogP) is 3.99. The van der Waals surface area contributed by atoms with E-state index in [2.05, 4.69) is 5.16 Å². The number of rotatable bonds is 13. The van der Waals surface area contributed by atoms with Gasteiger partial charge in [-0.2, -0.15) is 0 Å². The average Bonchev–Trinajstić information content (AvgIpc) is 3.17. The zero-order valence-corrected chi connectivity index (χ0v) is 37.6. The standard InChI is InChI=1S/C42H77FN2O13/c1-15-30-42(10,50)35(47)25(4)32(44-53-19-17-16-18-43)23(2)21-41(9,52-14)37(58-39-33(46)29(45(11)12)20-24(3)54-39)26(5)34(27(6)38(49)56-30)57-31-22-40(8,51-13)36(48)28(7)55-31/h23-31,33-37,39,46-48,50H,15-22H2,1-14H3/b44-32+/t23-,24-,25+,26+,27-,28+,29+,30-,31?,33-,34+,35-,36+,37-,39+,40-,41-,42-/m1/s1. The molecule has 1 unspecified atom stereocenters. The van der Waals surface area contributed by atoms with E-state index < -0.39 is 108 Å². The Labute approximate surface area is 346 Å². The first kappa shape index (κ1) is 50.8. The third kappa shape index (κ3) is 11.7. The Morgan fingerprint density at radius 2 is 1.53 bits per heavy atom. The maximum absolute atomic E-state index is 14.4. The van der Waals surface area contributed by atoms with Gasteiger partial charge in [-0.3, -0.25) is 9.18 Å². The van der Waals surface area contributed by atoms with Gasteiger partial charge in [0.2, 0.25) is 0 Å². The lowest BCUT2D eigenvalue weighted by Gasteiger charge is -2.50. The summed E-state index contributed by atoms with van der Waals surface area (Å²) >= 11 is 0. The Morgan fingerprint density at radius 1 is 0.897 bits per heavy atom. The fourth-order valence-electron chi connectivity index (χ4n) is 9.15. The number of alkyl halides is 1. The average molecular weight is 837 g/mol. The van der Waals surface area contributed by atoms with E-state index in [0.717, 1.165) is 0 Å². The summed E-state index contributed by atoms with van der Waals surface area (Å²) in [4.78, 5) is 22.0. The molecule has 0 aliphatic carbocycles. The summed E-state index contributed by atoms with van der Waals surface area (Å²) < 4.78 is 57.5. The Morgan fingerprint density at radius 3 is 2.10 bits per heavy atom. The van der Waals surface area contributed by atoms with Crippen LogP contribution in [0.5, 0.6) is 0 Å². The van der Waals surface area contributed by atoms with Crippen molar-refractivity contribution >= 4 is 11.7 Å². The van der Waals surface area contributed by atoms with Crippen LogP contribution in [0.25, 0.3) is 0 Å². The molecule has 3 heterocycles. The smallest absolute Gasteiger partial charge is 0.311 e. The van der Waals surface area contributed by atoms with Crippen LogP contribution in [0, 0.1) is 23.7 Å². The zero-order valence-electron chi connectivity index (χ0n) is 37.6. The number of hydrogen-bond acceptors (Lipinski definition) is 15. The molecular formula is C42H77FN2O13. The van der Waals surface area contributed by atoms with Crippen LogP contribution < -0.4 is 0 Å². The number of esters is 1. The lowest BCUT2D eigenvalue weighted by molar-refractivity contribution is -0.319. The molecule has 0 spiro atoms. The summed E-state index contributed by atoms with van der Waals surface area (Å²) in [5.41, 5.74) is -3.80. The zero-order chi connectivity index (χ0) is 43.9. The molecule has 0 aromatic heterocycles. The van der Waals surface area contributed by atoms with Crippen molar-refractivity contribution in [2.45, 2.75) is 192 Å². The van der Waals surface area contributed by atoms with E-state index in [1.165, 1.54) is 14.0 Å². The number of ether oxygens (including phenoxy) is 7. The fraction of sp³-hybridized carbons (Fsp3) is 0.952. The quantitative estimate of drug-likeness (QED) is 0.119. The molecule has 58 heavy (non-hydrogen) atoms. The van der Waals surface area contributed by atoms with Crippen molar-refractivity contribution in [3.63, 3.8) is 0 Å². The van der Waals surface area contributed by atoms with E-state index in [0.29, 0.717) is 25.0 Å². The number of methoxy groups -OCH3 is 2. The van der Waals surface area contributed by atoms with Crippen LogP contribution in [0.4, 0.5) is 4.39 Å². The minimum atomic E-state index is -1.94. The van der Waals surface area contributed by atoms with E-state index in [1.807, 2.05) is 46.7 Å². The first-order valence-electron chi connectivity index (χ1n) is 21.1. The highest BCUT2D eigenvalue weighted by atomic mass is 19.1. The maximum atomic E-state index is 14.4. The predicted molar refractivity (Wildman–Crippen MR) is 215 cm³/mol. The molecule has 3 aliphatic heterocycles. The van der Waals surface area contributed by atoms with Crippen molar-refractivity contribution in [3.8, 4) is 0 Å². The van der Waals surface area contributed by atoms with Gasteiger partial charge in [0.15, 0.2) is 12.6 Å². The number of cyclic esters (lactones) is 1. The molecule has 340 valence electrons. The van der Waals surface area contributed by atoms with Crippen molar-refractivity contribution in [2.75, 3.05) is 41.6 Å². The van der Waals surface area contributed by atoms with Crippen LogP contribution in [-0.2, 0) is 42.8 Å². The molecule has 0 saturated carbocycles. The van der Waals surface area contributed by atoms with Crippen LogP contribution in [-0.4, -0.2) is 163 Å². The normalized spacial score (nSPS) is 45.8. The van der Waals surface area contributed by atoms with Crippen LogP contribution in [0.1, 0.15) is 108 Å². The first-order chi connectivity index (χ1) is 27.0. The number of oxime groups is 1. The summed E-state index contributed by atoms with van der Waals surface area (Å²) in [6.07, 6.45) is -7.83. The van der Waals surface area contributed by atoms with E-state index in [9.17, 15) is 29.6 Å². The molecule has 0 amide bonds. The summed E-state index contributed by atoms with van der Waals surface area (Å²) in [5, 5.41) is 51.1. The van der Waals surface area contributed by atoms with Crippen molar-refractivity contribution in [3.05, 3.63) is 0 Å². The molecule has 0 bridgehead atoms. The second kappa shape index (κ2) is 21.5. The van der Waals surface area contributed by atoms with Crippen molar-refractivity contribution in [1.82, 2.24) is 4.90 Å². The molecule has 3 saturated heterocycles. The van der Waals surface area contributed by atoms with Gasteiger partial charge in [0.05, 0.1) is 60.0 Å². The SMILES string of the molecule is CC[C@H]1OC(=O)[C@H](C)[C@@H](OC2C[C@@](C)(OC)[C@@H](O)[C@H](C)O2)[C@H](C)[C@@H](O[C@@H]2O[C@H](C)C[C@H](N(C)C)[C@H]2O)[C@](C)(OC)C[C@@H](C)/C(=N\OCCCCF)[C@H](C)[C@@H](O)[C@]1(C)O. The minimum Gasteiger partial charge on any atom is -0.459 e. The molecule has 0 radical (unpaired) electrons.